The normalized spacial score (nSPS) is 21.3. The van der Waals surface area contributed by atoms with Crippen molar-refractivity contribution in [2.24, 2.45) is 16.9 Å². The number of hydrogen-bond donors (Lipinski definition) is 1. The minimum atomic E-state index is -0.852. The zero-order valence-corrected chi connectivity index (χ0v) is 24.0. The minimum Gasteiger partial charge on any atom is -0.297 e. The van der Waals surface area contributed by atoms with Crippen molar-refractivity contribution < 1.29 is 4.39 Å². The van der Waals surface area contributed by atoms with Crippen LogP contribution in [0.3, 0.4) is 0 Å². The molecule has 1 aromatic rings. The molecule has 3 rings (SSSR count). The molecule has 35 heavy (non-hydrogen) atoms. The van der Waals surface area contributed by atoms with Gasteiger partial charge in [0.2, 0.25) is 0 Å². The number of nitrogens with one attached hydrogen (secondary N) is 1. The van der Waals surface area contributed by atoms with E-state index in [1.165, 1.54) is 68.4 Å². The summed E-state index contributed by atoms with van der Waals surface area (Å²) < 4.78 is 15.2. The van der Waals surface area contributed by atoms with Crippen molar-refractivity contribution in [1.82, 2.24) is 9.73 Å². The van der Waals surface area contributed by atoms with Crippen LogP contribution in [0.4, 0.5) is 4.39 Å². The van der Waals surface area contributed by atoms with Gasteiger partial charge in [-0.25, -0.2) is 4.39 Å². The molecular weight excluding hydrogens is 453 g/mol. The summed E-state index contributed by atoms with van der Waals surface area (Å²) in [4.78, 5) is 0. The Kier molecular flexibility index (Phi) is 16.0. The Labute approximate surface area is 219 Å². The Morgan fingerprint density at radius 1 is 1.26 bits per heavy atom. The minimum absolute atomic E-state index is 0.740. The first-order valence-electron chi connectivity index (χ1n) is 13.3. The highest BCUT2D eigenvalue weighted by molar-refractivity contribution is 7.97. The molecule has 1 fully saturated rings. The molecule has 198 valence electrons. The van der Waals surface area contributed by atoms with E-state index >= 15 is 0 Å². The van der Waals surface area contributed by atoms with Gasteiger partial charge in [-0.1, -0.05) is 68.1 Å². The van der Waals surface area contributed by atoms with Crippen molar-refractivity contribution in [2.75, 3.05) is 19.3 Å². The number of alkyl halides is 1. The average Bonchev–Trinajstić information content (AvgIpc) is 3.15. The summed E-state index contributed by atoms with van der Waals surface area (Å²) in [6.07, 6.45) is 11.7. The highest BCUT2D eigenvalue weighted by Crippen LogP contribution is 2.41. The van der Waals surface area contributed by atoms with Crippen LogP contribution < -0.4 is 4.72 Å². The highest BCUT2D eigenvalue weighted by Gasteiger charge is 2.38. The quantitative estimate of drug-likeness (QED) is 0.116. The van der Waals surface area contributed by atoms with Gasteiger partial charge in [-0.05, 0) is 87.8 Å². The molecule has 0 spiro atoms. The Bertz CT molecular complexity index is 777. The summed E-state index contributed by atoms with van der Waals surface area (Å²) >= 11 is 1.98. The van der Waals surface area contributed by atoms with E-state index in [1.807, 2.05) is 25.9 Å². The van der Waals surface area contributed by atoms with Crippen LogP contribution in [0.2, 0.25) is 0 Å². The summed E-state index contributed by atoms with van der Waals surface area (Å²) in [7, 11) is 1.90. The Morgan fingerprint density at radius 2 is 1.89 bits per heavy atom. The van der Waals surface area contributed by atoms with Gasteiger partial charge in [0.15, 0.2) is 0 Å². The lowest BCUT2D eigenvalue weighted by Gasteiger charge is -2.23. The molecule has 0 aromatic heterocycles. The molecule has 3 nitrogen and oxygen atoms in total. The molecule has 5 heteroatoms. The van der Waals surface area contributed by atoms with E-state index in [0.29, 0.717) is 0 Å². The molecule has 1 saturated carbocycles. The van der Waals surface area contributed by atoms with E-state index in [4.69, 9.17) is 0 Å². The molecule has 2 aliphatic carbocycles. The van der Waals surface area contributed by atoms with Crippen molar-refractivity contribution in [1.29, 1.82) is 0 Å². The van der Waals surface area contributed by atoms with Gasteiger partial charge in [0.1, 0.15) is 6.17 Å². The summed E-state index contributed by atoms with van der Waals surface area (Å²) in [6, 6.07) is 7.98. The molecule has 1 aromatic carbocycles. The predicted molar refractivity (Wildman–Crippen MR) is 156 cm³/mol. The number of unbranched alkanes of at least 4 members (excludes halogenated alkanes) is 1. The third-order valence-electron chi connectivity index (χ3n) is 6.92. The molecule has 4 atom stereocenters. The molecule has 2 unspecified atom stereocenters. The van der Waals surface area contributed by atoms with Crippen molar-refractivity contribution in [2.45, 2.75) is 91.8 Å². The molecule has 1 N–H and O–H groups in total. The van der Waals surface area contributed by atoms with Crippen LogP contribution in [0.1, 0.15) is 77.0 Å². The Balaban J connectivity index is 0.000000365. The Morgan fingerprint density at radius 3 is 2.40 bits per heavy atom. The number of likely N-dealkylation sites (N-methyl/N-ethyl adjacent to an activating group) is 1. The summed E-state index contributed by atoms with van der Waals surface area (Å²) in [6.45, 7) is 17.5. The lowest BCUT2D eigenvalue weighted by atomic mass is 9.92. The topological polar surface area (TPSA) is 27.6 Å². The standard InChI is InChI=1S/C19H29NS.C7H14N2.C4H7F/c1-3-5-10-21-20-19-16-8-9-17(19)13-18-11-14(4-2)6-7-15(18)12-16;1-5-7(2)6-9(4)8-3;1-3-4(2)5/h6-7,11,16-17,19-20H,3-5,8-10,12-13H2,1-2H3;5H,3,6H2,1-2,4H3;3-4H,1H2,2H3/b;7-5+;/t16-,17+,19?;;/m0../s1. The molecule has 0 heterocycles. The second-order valence-electron chi connectivity index (χ2n) is 9.81. The first kappa shape index (κ1) is 31.4. The number of halogens is 1. The number of rotatable bonds is 10. The van der Waals surface area contributed by atoms with Crippen molar-refractivity contribution in [3.63, 3.8) is 0 Å². The highest BCUT2D eigenvalue weighted by atomic mass is 32.2. The lowest BCUT2D eigenvalue weighted by Crippen LogP contribution is -2.34. The molecule has 2 bridgehead atoms. The largest absolute Gasteiger partial charge is 0.297 e. The number of hydrogen-bond acceptors (Lipinski definition) is 4. The zero-order valence-electron chi connectivity index (χ0n) is 23.2. The fourth-order valence-corrected chi connectivity index (χ4v) is 5.68. The number of nitrogens with zero attached hydrogens (tertiary/aromatic N) is 2. The van der Waals surface area contributed by atoms with E-state index in [-0.39, 0.29) is 0 Å². The van der Waals surface area contributed by atoms with E-state index < -0.39 is 6.17 Å². The van der Waals surface area contributed by atoms with Gasteiger partial charge in [-0.3, -0.25) is 9.73 Å². The SMILES string of the molecule is C=CC(C)F.C=NN(C)C/C(C)=C/C.CCCCSNC1[C@@H]2CC[C@H]1Cc1ccc(CC)cc1C2. The molecule has 0 amide bonds. The first-order chi connectivity index (χ1) is 16.8. The van der Waals surface area contributed by atoms with Crippen molar-refractivity contribution in [3.05, 3.63) is 59.2 Å². The zero-order chi connectivity index (χ0) is 26.2. The van der Waals surface area contributed by atoms with Gasteiger partial charge in [0.05, 0.1) is 6.54 Å². The summed E-state index contributed by atoms with van der Waals surface area (Å²) in [5.74, 6) is 2.98. The van der Waals surface area contributed by atoms with Gasteiger partial charge in [-0.15, -0.1) is 6.58 Å². The van der Waals surface area contributed by atoms with Crippen LogP contribution in [-0.2, 0) is 19.3 Å². The van der Waals surface area contributed by atoms with Gasteiger partial charge in [0.25, 0.3) is 0 Å². The monoisotopic (exact) mass is 503 g/mol. The smallest absolute Gasteiger partial charge is 0.115 e. The van der Waals surface area contributed by atoms with Gasteiger partial charge in [0, 0.05) is 25.6 Å². The second-order valence-corrected chi connectivity index (χ2v) is 10.7. The number of benzene rings is 1. The van der Waals surface area contributed by atoms with Crippen LogP contribution in [0.5, 0.6) is 0 Å². The maximum absolute atomic E-state index is 11.3. The van der Waals surface area contributed by atoms with E-state index in [1.54, 1.807) is 16.1 Å². The van der Waals surface area contributed by atoms with Crippen LogP contribution in [0.15, 0.2) is 47.6 Å². The molecular formula is C30H50FN3S. The second kappa shape index (κ2) is 17.8. The van der Waals surface area contributed by atoms with Crippen molar-refractivity contribution in [3.8, 4) is 0 Å². The van der Waals surface area contributed by atoms with Crippen LogP contribution in [-0.4, -0.2) is 43.3 Å². The van der Waals surface area contributed by atoms with E-state index in [9.17, 15) is 4.39 Å². The molecule has 0 saturated heterocycles. The van der Waals surface area contributed by atoms with E-state index in [0.717, 1.165) is 30.8 Å². The van der Waals surface area contributed by atoms with E-state index in [2.05, 4.69) is 68.2 Å². The number of fused-ring (bicyclic) bond motifs is 3. The number of hydrazone groups is 1. The van der Waals surface area contributed by atoms with Crippen LogP contribution >= 0.6 is 11.9 Å². The van der Waals surface area contributed by atoms with Crippen LogP contribution in [0, 0.1) is 11.8 Å². The first-order valence-corrected chi connectivity index (χ1v) is 14.3. The third-order valence-corrected chi connectivity index (χ3v) is 7.86. The van der Waals surface area contributed by atoms with Crippen molar-refractivity contribution >= 4 is 18.7 Å². The third kappa shape index (κ3) is 11.8. The van der Waals surface area contributed by atoms with Gasteiger partial charge in [-0.2, -0.15) is 5.10 Å². The fraction of sp³-hybridized carbons (Fsp3) is 0.633. The molecule has 2 aliphatic rings. The maximum atomic E-state index is 11.3. The predicted octanol–water partition coefficient (Wildman–Crippen LogP) is 7.81. The Hall–Kier alpha value is -1.59. The molecule has 0 aliphatic heterocycles. The summed E-state index contributed by atoms with van der Waals surface area (Å²) in [5.41, 5.74) is 6.09. The maximum Gasteiger partial charge on any atom is 0.115 e. The lowest BCUT2D eigenvalue weighted by molar-refractivity contribution is 0.389. The average molecular weight is 504 g/mol. The number of aryl methyl sites for hydroxylation is 1. The van der Waals surface area contributed by atoms with Crippen LogP contribution in [0.25, 0.3) is 0 Å². The number of allylic oxidation sites excluding steroid dienone is 2. The fourth-order valence-electron chi connectivity index (χ4n) is 4.55. The van der Waals surface area contributed by atoms with Gasteiger partial charge < -0.3 is 0 Å². The summed E-state index contributed by atoms with van der Waals surface area (Å²) in [5, 5.41) is 5.52. The molecule has 0 radical (unpaired) electrons. The van der Waals surface area contributed by atoms with Gasteiger partial charge >= 0.3 is 0 Å².